The first-order valence-corrected chi connectivity index (χ1v) is 8.47. The van der Waals surface area contributed by atoms with Crippen LogP contribution in [0.2, 0.25) is 5.02 Å². The molecular weight excluding hydrogens is 348 g/mol. The van der Waals surface area contributed by atoms with Crippen LogP contribution < -0.4 is 5.73 Å². The molecule has 0 aliphatic carbocycles. The third kappa shape index (κ3) is 3.37. The fraction of sp³-hybridized carbons (Fsp3) is 0.0952. The molecule has 132 valence electrons. The zero-order valence-electron chi connectivity index (χ0n) is 14.5. The summed E-state index contributed by atoms with van der Waals surface area (Å²) in [5.74, 6) is 0.171. The zero-order valence-corrected chi connectivity index (χ0v) is 15.2. The average Bonchev–Trinajstić information content (AvgIpc) is 2.63. The Morgan fingerprint density at radius 1 is 0.962 bits per heavy atom. The minimum Gasteiger partial charge on any atom is -0.508 e. The van der Waals surface area contributed by atoms with Crippen LogP contribution in [-0.2, 0) is 0 Å². The van der Waals surface area contributed by atoms with E-state index in [1.807, 2.05) is 44.2 Å². The molecule has 0 amide bonds. The van der Waals surface area contributed by atoms with Crippen LogP contribution >= 0.6 is 11.6 Å². The van der Waals surface area contributed by atoms with Crippen molar-refractivity contribution in [2.75, 3.05) is 0 Å². The maximum Gasteiger partial charge on any atom is 0.170 e. The van der Waals surface area contributed by atoms with Gasteiger partial charge in [0.25, 0.3) is 0 Å². The highest BCUT2D eigenvalue weighted by Crippen LogP contribution is 2.39. The summed E-state index contributed by atoms with van der Waals surface area (Å²) >= 11 is 6.32. The second-order valence-electron chi connectivity index (χ2n) is 6.23. The van der Waals surface area contributed by atoms with Gasteiger partial charge < -0.3 is 16.0 Å². The fourth-order valence-corrected chi connectivity index (χ4v) is 3.24. The van der Waals surface area contributed by atoms with E-state index in [4.69, 9.17) is 17.3 Å². The topological polar surface area (TPSA) is 78.8 Å². The van der Waals surface area contributed by atoms with E-state index in [-0.39, 0.29) is 11.6 Å². The van der Waals surface area contributed by atoms with E-state index in [9.17, 15) is 10.3 Å². The van der Waals surface area contributed by atoms with Gasteiger partial charge in [-0.2, -0.15) is 0 Å². The molecule has 0 bridgehead atoms. The van der Waals surface area contributed by atoms with Gasteiger partial charge >= 0.3 is 0 Å². The van der Waals surface area contributed by atoms with Gasteiger partial charge in [-0.05, 0) is 60.4 Å². The molecule has 0 unspecified atom stereocenters. The molecule has 4 nitrogen and oxygen atoms in total. The highest BCUT2D eigenvalue weighted by molar-refractivity contribution is 6.31. The lowest BCUT2D eigenvalue weighted by atomic mass is 9.87. The van der Waals surface area contributed by atoms with Crippen molar-refractivity contribution >= 4 is 17.4 Å². The Bertz CT molecular complexity index is 996. The molecule has 0 aliphatic heterocycles. The summed E-state index contributed by atoms with van der Waals surface area (Å²) in [7, 11) is 0. The average molecular weight is 367 g/mol. The number of amidine groups is 1. The van der Waals surface area contributed by atoms with Crippen LogP contribution in [-0.4, -0.2) is 16.1 Å². The summed E-state index contributed by atoms with van der Waals surface area (Å²) in [4.78, 5) is 0. The van der Waals surface area contributed by atoms with Gasteiger partial charge in [-0.1, -0.05) is 52.7 Å². The van der Waals surface area contributed by atoms with Gasteiger partial charge in [0.1, 0.15) is 5.75 Å². The van der Waals surface area contributed by atoms with Gasteiger partial charge in [-0.15, -0.1) is 0 Å². The number of oxime groups is 1. The number of hydrogen-bond donors (Lipinski definition) is 3. The summed E-state index contributed by atoms with van der Waals surface area (Å²) in [6.07, 6.45) is 0. The van der Waals surface area contributed by atoms with Crippen molar-refractivity contribution < 1.29 is 10.3 Å². The molecule has 4 N–H and O–H groups in total. The molecule has 0 heterocycles. The van der Waals surface area contributed by atoms with E-state index in [0.29, 0.717) is 10.6 Å². The van der Waals surface area contributed by atoms with E-state index < -0.39 is 0 Å². The lowest BCUT2D eigenvalue weighted by molar-refractivity contribution is 0.318. The summed E-state index contributed by atoms with van der Waals surface area (Å²) in [6.45, 7) is 4.03. The predicted molar refractivity (Wildman–Crippen MR) is 106 cm³/mol. The summed E-state index contributed by atoms with van der Waals surface area (Å²) in [6, 6.07) is 16.5. The number of phenolic OH excluding ortho intramolecular Hbond substituents is 1. The molecule has 0 spiro atoms. The molecule has 0 atom stereocenters. The molecule has 0 radical (unpaired) electrons. The lowest BCUT2D eigenvalue weighted by Crippen LogP contribution is -2.15. The molecule has 0 saturated carbocycles. The van der Waals surface area contributed by atoms with Gasteiger partial charge in [-0.25, -0.2) is 0 Å². The molecule has 3 aromatic carbocycles. The number of aromatic hydroxyl groups is 1. The molecule has 5 heteroatoms. The lowest BCUT2D eigenvalue weighted by Gasteiger charge is -2.18. The largest absolute Gasteiger partial charge is 0.508 e. The van der Waals surface area contributed by atoms with E-state index in [1.165, 1.54) is 0 Å². The van der Waals surface area contributed by atoms with Gasteiger partial charge in [0.05, 0.1) is 0 Å². The molecular formula is C21H19ClN2O2. The van der Waals surface area contributed by atoms with E-state index in [1.54, 1.807) is 18.2 Å². The number of nitrogens with two attached hydrogens (primary N) is 1. The molecule has 0 saturated heterocycles. The Balaban J connectivity index is 2.42. The van der Waals surface area contributed by atoms with Crippen LogP contribution in [0.5, 0.6) is 5.75 Å². The van der Waals surface area contributed by atoms with E-state index >= 15 is 0 Å². The maximum absolute atomic E-state index is 9.61. The number of halogens is 1. The van der Waals surface area contributed by atoms with Crippen molar-refractivity contribution in [1.82, 2.24) is 0 Å². The SMILES string of the molecule is Cc1ccc(C)c(-c2c(/C(N)=N/O)cc(Cl)cc2-c2ccc(O)cc2)c1. The van der Waals surface area contributed by atoms with Crippen LogP contribution in [0.25, 0.3) is 22.3 Å². The van der Waals surface area contributed by atoms with Crippen molar-refractivity contribution in [3.8, 4) is 28.0 Å². The number of aryl methyl sites for hydroxylation is 2. The Labute approximate surface area is 157 Å². The third-order valence-electron chi connectivity index (χ3n) is 4.33. The normalized spacial score (nSPS) is 11.6. The molecule has 0 aliphatic rings. The van der Waals surface area contributed by atoms with Crippen molar-refractivity contribution in [3.05, 3.63) is 76.3 Å². The summed E-state index contributed by atoms with van der Waals surface area (Å²) in [5, 5.41) is 22.5. The first-order chi connectivity index (χ1) is 12.4. The standard InChI is InChI=1S/C21H19ClN2O2/c1-12-3-4-13(2)17(9-12)20-18(14-5-7-16(25)8-6-14)10-15(22)11-19(20)21(23)24-26/h3-11,25-26H,1-2H3,(H2,23,24). The van der Waals surface area contributed by atoms with Crippen molar-refractivity contribution in [3.63, 3.8) is 0 Å². The molecule has 0 aromatic heterocycles. The second-order valence-corrected chi connectivity index (χ2v) is 6.66. The zero-order chi connectivity index (χ0) is 18.8. The maximum atomic E-state index is 9.61. The quantitative estimate of drug-likeness (QED) is 0.261. The van der Waals surface area contributed by atoms with E-state index in [2.05, 4.69) is 11.2 Å². The Morgan fingerprint density at radius 2 is 1.65 bits per heavy atom. The monoisotopic (exact) mass is 366 g/mol. The Morgan fingerprint density at radius 3 is 2.31 bits per heavy atom. The van der Waals surface area contributed by atoms with Crippen LogP contribution in [0, 0.1) is 13.8 Å². The van der Waals surface area contributed by atoms with E-state index in [0.717, 1.165) is 33.4 Å². The first kappa shape index (κ1) is 17.8. The van der Waals surface area contributed by atoms with Crippen LogP contribution in [0.1, 0.15) is 16.7 Å². The van der Waals surface area contributed by atoms with Crippen LogP contribution in [0.3, 0.4) is 0 Å². The molecule has 3 rings (SSSR count). The number of benzene rings is 3. The number of rotatable bonds is 3. The smallest absolute Gasteiger partial charge is 0.170 e. The second kappa shape index (κ2) is 7.10. The van der Waals surface area contributed by atoms with Crippen LogP contribution in [0.15, 0.2) is 59.8 Å². The highest BCUT2D eigenvalue weighted by Gasteiger charge is 2.18. The first-order valence-electron chi connectivity index (χ1n) is 8.09. The van der Waals surface area contributed by atoms with Crippen LogP contribution in [0.4, 0.5) is 0 Å². The Hall–Kier alpha value is -2.98. The molecule has 26 heavy (non-hydrogen) atoms. The molecule has 3 aromatic rings. The summed E-state index contributed by atoms with van der Waals surface area (Å²) in [5.41, 5.74) is 12.2. The molecule has 0 fully saturated rings. The fourth-order valence-electron chi connectivity index (χ4n) is 3.03. The van der Waals surface area contributed by atoms with Gasteiger partial charge in [0, 0.05) is 16.1 Å². The van der Waals surface area contributed by atoms with Crippen molar-refractivity contribution in [2.45, 2.75) is 13.8 Å². The minimum absolute atomic E-state index is 0.0107. The predicted octanol–water partition coefficient (Wildman–Crippen LogP) is 5.09. The van der Waals surface area contributed by atoms with Crippen molar-refractivity contribution in [2.24, 2.45) is 10.9 Å². The van der Waals surface area contributed by atoms with Gasteiger partial charge in [0.15, 0.2) is 5.84 Å². The van der Waals surface area contributed by atoms with Gasteiger partial charge in [-0.3, -0.25) is 0 Å². The third-order valence-corrected chi connectivity index (χ3v) is 4.55. The highest BCUT2D eigenvalue weighted by atomic mass is 35.5. The Kier molecular flexibility index (Phi) is 4.87. The number of phenols is 1. The number of nitrogens with zero attached hydrogens (tertiary/aromatic N) is 1. The van der Waals surface area contributed by atoms with Gasteiger partial charge in [0.2, 0.25) is 0 Å². The minimum atomic E-state index is -0.0107. The number of hydrogen-bond acceptors (Lipinski definition) is 3. The summed E-state index contributed by atoms with van der Waals surface area (Å²) < 4.78 is 0. The van der Waals surface area contributed by atoms with Crippen molar-refractivity contribution in [1.29, 1.82) is 0 Å².